The number of halogens is 1. The number of hydrogen-bond acceptors (Lipinski definition) is 2. The number of rotatable bonds is 6. The van der Waals surface area contributed by atoms with Crippen molar-refractivity contribution in [1.29, 1.82) is 0 Å². The lowest BCUT2D eigenvalue weighted by molar-refractivity contribution is 0.223. The highest BCUT2D eigenvalue weighted by Crippen LogP contribution is 2.11. The molecule has 0 saturated carbocycles. The molecule has 0 bridgehead atoms. The molecule has 0 amide bonds. The second kappa shape index (κ2) is 7.05. The highest BCUT2D eigenvalue weighted by atomic mass is 79.9. The van der Waals surface area contributed by atoms with Gasteiger partial charge in [-0.3, -0.25) is 0 Å². The van der Waals surface area contributed by atoms with Crippen LogP contribution in [0.2, 0.25) is 0 Å². The molecule has 0 radical (unpaired) electrons. The molecule has 0 heterocycles. The van der Waals surface area contributed by atoms with E-state index in [0.717, 1.165) is 17.4 Å². The van der Waals surface area contributed by atoms with Crippen LogP contribution in [-0.2, 0) is 6.54 Å². The first-order valence-corrected chi connectivity index (χ1v) is 6.49. The average molecular weight is 286 g/mol. The van der Waals surface area contributed by atoms with Crippen LogP contribution in [0.15, 0.2) is 28.7 Å². The molecule has 1 aromatic rings. The third kappa shape index (κ3) is 5.10. The van der Waals surface area contributed by atoms with Crippen molar-refractivity contribution in [3.8, 4) is 0 Å². The average Bonchev–Trinajstić information content (AvgIpc) is 2.26. The van der Waals surface area contributed by atoms with Gasteiger partial charge in [-0.15, -0.1) is 0 Å². The van der Waals surface area contributed by atoms with E-state index in [-0.39, 0.29) is 12.6 Å². The Hall–Kier alpha value is -0.380. The van der Waals surface area contributed by atoms with Crippen molar-refractivity contribution in [1.82, 2.24) is 5.32 Å². The normalized spacial score (nSPS) is 13.1. The first-order valence-electron chi connectivity index (χ1n) is 5.70. The van der Waals surface area contributed by atoms with Gasteiger partial charge in [0, 0.05) is 17.1 Å². The summed E-state index contributed by atoms with van der Waals surface area (Å²) < 4.78 is 1.09. The molecule has 2 nitrogen and oxygen atoms in total. The smallest absolute Gasteiger partial charge is 0.0584 e. The van der Waals surface area contributed by atoms with Crippen LogP contribution in [0.3, 0.4) is 0 Å². The van der Waals surface area contributed by atoms with Gasteiger partial charge in [-0.2, -0.15) is 0 Å². The van der Waals surface area contributed by atoms with Crippen molar-refractivity contribution in [3.05, 3.63) is 34.3 Å². The van der Waals surface area contributed by atoms with Gasteiger partial charge in [-0.1, -0.05) is 41.9 Å². The quantitative estimate of drug-likeness (QED) is 0.842. The Balaban J connectivity index is 2.40. The molecule has 0 spiro atoms. The van der Waals surface area contributed by atoms with Crippen molar-refractivity contribution < 1.29 is 5.11 Å². The molecule has 0 saturated heterocycles. The SMILES string of the molecule is CC(C)CC(CO)NCc1ccc(Br)cc1. The van der Waals surface area contributed by atoms with Crippen LogP contribution in [0.5, 0.6) is 0 Å². The van der Waals surface area contributed by atoms with Crippen LogP contribution in [0.1, 0.15) is 25.8 Å². The summed E-state index contributed by atoms with van der Waals surface area (Å²) in [7, 11) is 0. The fourth-order valence-electron chi connectivity index (χ4n) is 1.66. The molecule has 1 unspecified atom stereocenters. The molecule has 0 aromatic heterocycles. The van der Waals surface area contributed by atoms with E-state index >= 15 is 0 Å². The second-order valence-electron chi connectivity index (χ2n) is 4.52. The monoisotopic (exact) mass is 285 g/mol. The molecule has 1 aromatic carbocycles. The van der Waals surface area contributed by atoms with E-state index in [1.54, 1.807) is 0 Å². The molecule has 1 rings (SSSR count). The molecule has 90 valence electrons. The standard InChI is InChI=1S/C13H20BrNO/c1-10(2)7-13(9-16)15-8-11-3-5-12(14)6-4-11/h3-6,10,13,15-16H,7-9H2,1-2H3. The van der Waals surface area contributed by atoms with Gasteiger partial charge in [0.25, 0.3) is 0 Å². The van der Waals surface area contributed by atoms with Gasteiger partial charge in [0.05, 0.1) is 6.61 Å². The Morgan fingerprint density at radius 1 is 1.25 bits per heavy atom. The van der Waals surface area contributed by atoms with Crippen molar-refractivity contribution in [2.75, 3.05) is 6.61 Å². The molecule has 0 aliphatic heterocycles. The van der Waals surface area contributed by atoms with Gasteiger partial charge in [-0.05, 0) is 30.0 Å². The Kier molecular flexibility index (Phi) is 6.03. The Morgan fingerprint density at radius 2 is 1.88 bits per heavy atom. The van der Waals surface area contributed by atoms with E-state index in [1.807, 2.05) is 12.1 Å². The van der Waals surface area contributed by atoms with Crippen molar-refractivity contribution >= 4 is 15.9 Å². The molecular weight excluding hydrogens is 266 g/mol. The highest BCUT2D eigenvalue weighted by molar-refractivity contribution is 9.10. The van der Waals surface area contributed by atoms with Gasteiger partial charge in [0.1, 0.15) is 0 Å². The third-order valence-corrected chi connectivity index (χ3v) is 3.01. The third-order valence-electron chi connectivity index (χ3n) is 2.48. The van der Waals surface area contributed by atoms with Crippen LogP contribution in [0.25, 0.3) is 0 Å². The summed E-state index contributed by atoms with van der Waals surface area (Å²) >= 11 is 3.41. The highest BCUT2D eigenvalue weighted by Gasteiger charge is 2.08. The van der Waals surface area contributed by atoms with Crippen LogP contribution in [0.4, 0.5) is 0 Å². The first kappa shape index (κ1) is 13.7. The predicted octanol–water partition coefficient (Wildman–Crippen LogP) is 2.95. The maximum absolute atomic E-state index is 9.23. The van der Waals surface area contributed by atoms with E-state index in [2.05, 4.69) is 47.2 Å². The van der Waals surface area contributed by atoms with Crippen LogP contribution in [-0.4, -0.2) is 17.8 Å². The fraction of sp³-hybridized carbons (Fsp3) is 0.538. The van der Waals surface area contributed by atoms with Gasteiger partial charge in [-0.25, -0.2) is 0 Å². The molecule has 3 heteroatoms. The van der Waals surface area contributed by atoms with E-state index in [1.165, 1.54) is 5.56 Å². The van der Waals surface area contributed by atoms with Crippen molar-refractivity contribution in [3.63, 3.8) is 0 Å². The fourth-order valence-corrected chi connectivity index (χ4v) is 1.92. The zero-order valence-corrected chi connectivity index (χ0v) is 11.5. The summed E-state index contributed by atoms with van der Waals surface area (Å²) in [5.41, 5.74) is 1.24. The minimum atomic E-state index is 0.198. The van der Waals surface area contributed by atoms with Crippen molar-refractivity contribution in [2.45, 2.75) is 32.9 Å². The number of aliphatic hydroxyl groups excluding tert-OH is 1. The zero-order chi connectivity index (χ0) is 12.0. The summed E-state index contributed by atoms with van der Waals surface area (Å²) in [6.45, 7) is 5.36. The Morgan fingerprint density at radius 3 is 2.38 bits per heavy atom. The minimum Gasteiger partial charge on any atom is -0.395 e. The number of benzene rings is 1. The number of nitrogens with one attached hydrogen (secondary N) is 1. The first-order chi connectivity index (χ1) is 7.61. The largest absolute Gasteiger partial charge is 0.395 e. The molecule has 0 aliphatic carbocycles. The van der Waals surface area contributed by atoms with Gasteiger partial charge >= 0.3 is 0 Å². The Labute approximate surface area is 106 Å². The Bertz CT molecular complexity index is 297. The maximum Gasteiger partial charge on any atom is 0.0584 e. The summed E-state index contributed by atoms with van der Waals surface area (Å²) in [5, 5.41) is 12.6. The van der Waals surface area contributed by atoms with Gasteiger partial charge in [0.15, 0.2) is 0 Å². The lowest BCUT2D eigenvalue weighted by atomic mass is 10.0. The van der Waals surface area contributed by atoms with E-state index in [9.17, 15) is 5.11 Å². The lowest BCUT2D eigenvalue weighted by Gasteiger charge is -2.18. The van der Waals surface area contributed by atoms with Gasteiger partial charge in [0.2, 0.25) is 0 Å². The second-order valence-corrected chi connectivity index (χ2v) is 5.43. The van der Waals surface area contributed by atoms with Crippen LogP contribution in [0, 0.1) is 5.92 Å². The predicted molar refractivity (Wildman–Crippen MR) is 71.3 cm³/mol. The topological polar surface area (TPSA) is 32.3 Å². The minimum absolute atomic E-state index is 0.198. The van der Waals surface area contributed by atoms with Crippen molar-refractivity contribution in [2.24, 2.45) is 5.92 Å². The zero-order valence-electron chi connectivity index (χ0n) is 9.91. The van der Waals surface area contributed by atoms with E-state index < -0.39 is 0 Å². The van der Waals surface area contributed by atoms with Gasteiger partial charge < -0.3 is 10.4 Å². The number of hydrogen-bond donors (Lipinski definition) is 2. The van der Waals surface area contributed by atoms with E-state index in [4.69, 9.17) is 0 Å². The summed E-state index contributed by atoms with van der Waals surface area (Å²) in [6, 6.07) is 8.44. The summed E-state index contributed by atoms with van der Waals surface area (Å²) in [4.78, 5) is 0. The molecule has 0 aliphatic rings. The van der Waals surface area contributed by atoms with E-state index in [0.29, 0.717) is 5.92 Å². The lowest BCUT2D eigenvalue weighted by Crippen LogP contribution is -2.33. The number of aliphatic hydroxyl groups is 1. The van der Waals surface area contributed by atoms with Crippen LogP contribution < -0.4 is 5.32 Å². The maximum atomic E-state index is 9.23. The molecule has 1 atom stereocenters. The molecular formula is C13H20BrNO. The molecule has 2 N–H and O–H groups in total. The molecule has 0 fully saturated rings. The van der Waals surface area contributed by atoms with Crippen LogP contribution >= 0.6 is 15.9 Å². The summed E-state index contributed by atoms with van der Waals surface area (Å²) in [6.07, 6.45) is 1.01. The summed E-state index contributed by atoms with van der Waals surface area (Å²) in [5.74, 6) is 0.606. The molecule has 16 heavy (non-hydrogen) atoms.